The molecular weight excluding hydrogens is 256 g/mol. The third-order valence-corrected chi connectivity index (χ3v) is 5.85. The quantitative estimate of drug-likeness (QED) is 0.814. The highest BCUT2D eigenvalue weighted by molar-refractivity contribution is 7.99. The number of hydrogen-bond donors (Lipinski definition) is 2. The Morgan fingerprint density at radius 1 is 1.37 bits per heavy atom. The Morgan fingerprint density at radius 2 is 2.26 bits per heavy atom. The summed E-state index contributed by atoms with van der Waals surface area (Å²) in [5.41, 5.74) is 0. The number of amides is 1. The number of thioether (sulfide) groups is 1. The van der Waals surface area contributed by atoms with Crippen molar-refractivity contribution in [3.05, 3.63) is 0 Å². The molecule has 2 heterocycles. The Hall–Kier alpha value is -0.220. The molecule has 4 heteroatoms. The summed E-state index contributed by atoms with van der Waals surface area (Å²) in [7, 11) is 0. The van der Waals surface area contributed by atoms with Crippen molar-refractivity contribution in [2.75, 3.05) is 25.4 Å². The molecule has 3 atom stereocenters. The highest BCUT2D eigenvalue weighted by Crippen LogP contribution is 2.25. The van der Waals surface area contributed by atoms with Gasteiger partial charge in [0.15, 0.2) is 0 Å². The van der Waals surface area contributed by atoms with Gasteiger partial charge in [-0.1, -0.05) is 13.3 Å². The summed E-state index contributed by atoms with van der Waals surface area (Å²) in [6.45, 7) is 5.34. The van der Waals surface area contributed by atoms with Crippen LogP contribution in [0.15, 0.2) is 0 Å². The van der Waals surface area contributed by atoms with Gasteiger partial charge in [-0.3, -0.25) is 4.79 Å². The minimum atomic E-state index is 0.254. The van der Waals surface area contributed by atoms with E-state index in [1.807, 2.05) is 11.8 Å². The topological polar surface area (TPSA) is 41.1 Å². The SMILES string of the molecule is CC(CC(=O)NCC1CCCCS1)C1CCCNC1. The van der Waals surface area contributed by atoms with Gasteiger partial charge in [0.2, 0.25) is 5.91 Å². The Balaban J connectivity index is 1.62. The lowest BCUT2D eigenvalue weighted by molar-refractivity contribution is -0.122. The van der Waals surface area contributed by atoms with Gasteiger partial charge < -0.3 is 10.6 Å². The van der Waals surface area contributed by atoms with Crippen LogP contribution in [0.25, 0.3) is 0 Å². The third kappa shape index (κ3) is 5.35. The molecule has 0 radical (unpaired) electrons. The van der Waals surface area contributed by atoms with Crippen molar-refractivity contribution in [3.63, 3.8) is 0 Å². The van der Waals surface area contributed by atoms with Crippen LogP contribution in [0.1, 0.15) is 45.4 Å². The number of piperidine rings is 1. The Labute approximate surface area is 121 Å². The highest BCUT2D eigenvalue weighted by atomic mass is 32.2. The molecule has 2 saturated heterocycles. The zero-order valence-corrected chi connectivity index (χ0v) is 12.9. The summed E-state index contributed by atoms with van der Waals surface area (Å²) < 4.78 is 0. The van der Waals surface area contributed by atoms with Crippen molar-refractivity contribution in [1.29, 1.82) is 0 Å². The first-order valence-electron chi connectivity index (χ1n) is 7.84. The van der Waals surface area contributed by atoms with Gasteiger partial charge in [-0.05, 0) is 56.4 Å². The van der Waals surface area contributed by atoms with Crippen molar-refractivity contribution in [3.8, 4) is 0 Å². The van der Waals surface area contributed by atoms with Crippen molar-refractivity contribution < 1.29 is 4.79 Å². The summed E-state index contributed by atoms with van der Waals surface area (Å²) in [5.74, 6) is 2.71. The summed E-state index contributed by atoms with van der Waals surface area (Å²) in [4.78, 5) is 12.0. The second-order valence-corrected chi connectivity index (χ2v) is 7.49. The van der Waals surface area contributed by atoms with Gasteiger partial charge in [-0.15, -0.1) is 0 Å². The molecule has 0 saturated carbocycles. The molecule has 2 aliphatic rings. The van der Waals surface area contributed by atoms with E-state index in [1.165, 1.54) is 37.9 Å². The number of carbonyl (C=O) groups is 1. The van der Waals surface area contributed by atoms with Crippen LogP contribution >= 0.6 is 11.8 Å². The van der Waals surface area contributed by atoms with Crippen molar-refractivity contribution in [2.24, 2.45) is 11.8 Å². The van der Waals surface area contributed by atoms with E-state index in [4.69, 9.17) is 0 Å². The summed E-state index contributed by atoms with van der Waals surface area (Å²) in [6.07, 6.45) is 7.19. The molecule has 2 aliphatic heterocycles. The van der Waals surface area contributed by atoms with E-state index < -0.39 is 0 Å². The lowest BCUT2D eigenvalue weighted by Gasteiger charge is -2.28. The summed E-state index contributed by atoms with van der Waals surface area (Å²) in [6, 6.07) is 0. The van der Waals surface area contributed by atoms with Crippen LogP contribution in [-0.2, 0) is 4.79 Å². The first kappa shape index (κ1) is 15.2. The smallest absolute Gasteiger partial charge is 0.220 e. The van der Waals surface area contributed by atoms with Crippen LogP contribution in [0.5, 0.6) is 0 Å². The van der Waals surface area contributed by atoms with Gasteiger partial charge in [0.1, 0.15) is 0 Å². The second kappa shape index (κ2) is 8.15. The largest absolute Gasteiger partial charge is 0.355 e. The van der Waals surface area contributed by atoms with Crippen LogP contribution in [-0.4, -0.2) is 36.5 Å². The molecule has 19 heavy (non-hydrogen) atoms. The molecule has 2 N–H and O–H groups in total. The monoisotopic (exact) mass is 284 g/mol. The highest BCUT2D eigenvalue weighted by Gasteiger charge is 2.22. The second-order valence-electron chi connectivity index (χ2n) is 6.08. The first-order valence-corrected chi connectivity index (χ1v) is 8.89. The van der Waals surface area contributed by atoms with Crippen LogP contribution in [0.4, 0.5) is 0 Å². The molecule has 0 spiro atoms. The fraction of sp³-hybridized carbons (Fsp3) is 0.933. The fourth-order valence-electron chi connectivity index (χ4n) is 3.09. The maximum atomic E-state index is 12.0. The first-order chi connectivity index (χ1) is 9.25. The van der Waals surface area contributed by atoms with Crippen LogP contribution in [0.3, 0.4) is 0 Å². The molecule has 0 aromatic rings. The van der Waals surface area contributed by atoms with E-state index in [0.717, 1.165) is 19.6 Å². The van der Waals surface area contributed by atoms with E-state index in [-0.39, 0.29) is 5.91 Å². The van der Waals surface area contributed by atoms with Crippen LogP contribution < -0.4 is 10.6 Å². The van der Waals surface area contributed by atoms with Crippen molar-refractivity contribution >= 4 is 17.7 Å². The van der Waals surface area contributed by atoms with Crippen molar-refractivity contribution in [2.45, 2.75) is 50.7 Å². The average molecular weight is 284 g/mol. The average Bonchev–Trinajstić information content (AvgIpc) is 2.47. The lowest BCUT2D eigenvalue weighted by atomic mass is 9.85. The van der Waals surface area contributed by atoms with Gasteiger partial charge in [-0.25, -0.2) is 0 Å². The van der Waals surface area contributed by atoms with Crippen LogP contribution in [0.2, 0.25) is 0 Å². The number of rotatable bonds is 5. The van der Waals surface area contributed by atoms with Gasteiger partial charge in [0, 0.05) is 18.2 Å². The maximum Gasteiger partial charge on any atom is 0.220 e. The molecule has 0 aromatic heterocycles. The molecule has 0 bridgehead atoms. The molecular formula is C15H28N2OS. The molecule has 0 aliphatic carbocycles. The van der Waals surface area contributed by atoms with E-state index in [9.17, 15) is 4.79 Å². The Kier molecular flexibility index (Phi) is 6.51. The molecule has 2 fully saturated rings. The standard InChI is InChI=1S/C15H28N2OS/c1-12(13-5-4-7-16-10-13)9-15(18)17-11-14-6-2-3-8-19-14/h12-14,16H,2-11H2,1H3,(H,17,18). The minimum absolute atomic E-state index is 0.254. The number of carbonyl (C=O) groups excluding carboxylic acids is 1. The zero-order chi connectivity index (χ0) is 13.5. The van der Waals surface area contributed by atoms with E-state index in [1.54, 1.807) is 0 Å². The van der Waals surface area contributed by atoms with Gasteiger partial charge in [-0.2, -0.15) is 11.8 Å². The van der Waals surface area contributed by atoms with Gasteiger partial charge in [0.25, 0.3) is 0 Å². The van der Waals surface area contributed by atoms with Gasteiger partial charge >= 0.3 is 0 Å². The zero-order valence-electron chi connectivity index (χ0n) is 12.1. The maximum absolute atomic E-state index is 12.0. The number of hydrogen-bond acceptors (Lipinski definition) is 3. The fourth-order valence-corrected chi connectivity index (χ4v) is 4.33. The lowest BCUT2D eigenvalue weighted by Crippen LogP contribution is -2.37. The normalized spacial score (nSPS) is 29.7. The summed E-state index contributed by atoms with van der Waals surface area (Å²) >= 11 is 2.03. The molecule has 2 rings (SSSR count). The Morgan fingerprint density at radius 3 is 2.95 bits per heavy atom. The molecule has 3 nitrogen and oxygen atoms in total. The van der Waals surface area contributed by atoms with Crippen LogP contribution in [0, 0.1) is 11.8 Å². The van der Waals surface area contributed by atoms with Crippen molar-refractivity contribution in [1.82, 2.24) is 10.6 Å². The molecule has 110 valence electrons. The van der Waals surface area contributed by atoms with E-state index >= 15 is 0 Å². The van der Waals surface area contributed by atoms with Gasteiger partial charge in [0.05, 0.1) is 0 Å². The predicted octanol–water partition coefficient (Wildman–Crippen LogP) is 2.41. The molecule has 1 amide bonds. The molecule has 3 unspecified atom stereocenters. The number of nitrogens with one attached hydrogen (secondary N) is 2. The predicted molar refractivity (Wildman–Crippen MR) is 82.5 cm³/mol. The minimum Gasteiger partial charge on any atom is -0.355 e. The Bertz CT molecular complexity index is 273. The van der Waals surface area contributed by atoms with E-state index in [2.05, 4.69) is 17.6 Å². The van der Waals surface area contributed by atoms with E-state index in [0.29, 0.717) is 23.5 Å². The third-order valence-electron chi connectivity index (χ3n) is 4.45. The summed E-state index contributed by atoms with van der Waals surface area (Å²) in [5, 5.41) is 7.24. The molecule has 0 aromatic carbocycles.